The van der Waals surface area contributed by atoms with Crippen LogP contribution in [-0.4, -0.2) is 26.2 Å². The number of pyridine rings is 1. The maximum atomic E-state index is 10.4. The molecule has 0 bridgehead atoms. The van der Waals surface area contributed by atoms with E-state index in [4.69, 9.17) is 32.8 Å². The quantitative estimate of drug-likeness (QED) is 0.921. The molecule has 17 heavy (non-hydrogen) atoms. The fourth-order valence-corrected chi connectivity index (χ4v) is 1.60. The van der Waals surface area contributed by atoms with Gasteiger partial charge in [-0.3, -0.25) is 4.79 Å². The van der Waals surface area contributed by atoms with Crippen LogP contribution in [0, 0.1) is 0 Å². The first-order valence-corrected chi connectivity index (χ1v) is 5.17. The van der Waals surface area contributed by atoms with Gasteiger partial charge in [-0.25, -0.2) is 4.98 Å². The lowest BCUT2D eigenvalue weighted by Crippen LogP contribution is -2.00. The number of aliphatic carboxylic acids is 1. The van der Waals surface area contributed by atoms with Crippen LogP contribution in [0.1, 0.15) is 5.89 Å². The molecule has 0 aliphatic carbocycles. The predicted octanol–water partition coefficient (Wildman–Crippen LogP) is 2.07. The average molecular weight is 274 g/mol. The summed E-state index contributed by atoms with van der Waals surface area (Å²) in [4.78, 5) is 18.2. The van der Waals surface area contributed by atoms with E-state index in [1.807, 2.05) is 0 Å². The smallest absolute Gasteiger partial charge is 0.312 e. The maximum absolute atomic E-state index is 10.4. The van der Waals surface area contributed by atoms with Crippen molar-refractivity contribution in [2.75, 3.05) is 0 Å². The van der Waals surface area contributed by atoms with Gasteiger partial charge in [0.15, 0.2) is 0 Å². The minimum atomic E-state index is -1.06. The van der Waals surface area contributed by atoms with Crippen molar-refractivity contribution in [1.82, 2.24) is 15.1 Å². The Kier molecular flexibility index (Phi) is 3.26. The van der Waals surface area contributed by atoms with Gasteiger partial charge in [-0.15, -0.1) is 0 Å². The number of carboxylic acid groups (broad SMARTS) is 1. The molecule has 0 spiro atoms. The Bertz CT molecular complexity index is 570. The first kappa shape index (κ1) is 11.8. The molecule has 6 nitrogen and oxygen atoms in total. The average Bonchev–Trinajstić information content (AvgIpc) is 2.65. The third kappa shape index (κ3) is 2.72. The number of carbonyl (C=O) groups is 1. The predicted molar refractivity (Wildman–Crippen MR) is 58.9 cm³/mol. The maximum Gasteiger partial charge on any atom is 0.312 e. The molecule has 0 aliphatic rings. The van der Waals surface area contributed by atoms with Gasteiger partial charge in [0.05, 0.1) is 10.0 Å². The standard InChI is InChI=1S/C9H5Cl2N3O3/c10-4-1-5(11)8(12-3-4)9-13-6(17-14-9)2-7(15)16/h1,3H,2H2,(H,15,16). The number of hydrogen-bond donors (Lipinski definition) is 1. The van der Waals surface area contributed by atoms with Crippen LogP contribution in [0.5, 0.6) is 0 Å². The Morgan fingerprint density at radius 2 is 2.24 bits per heavy atom. The van der Waals surface area contributed by atoms with E-state index in [0.717, 1.165) is 0 Å². The van der Waals surface area contributed by atoms with Crippen molar-refractivity contribution < 1.29 is 14.4 Å². The van der Waals surface area contributed by atoms with Crippen molar-refractivity contribution in [3.63, 3.8) is 0 Å². The summed E-state index contributed by atoms with van der Waals surface area (Å²) in [5.41, 5.74) is 0.288. The van der Waals surface area contributed by atoms with Crippen LogP contribution in [0.3, 0.4) is 0 Å². The highest BCUT2D eigenvalue weighted by molar-refractivity contribution is 6.35. The third-order valence-corrected chi connectivity index (χ3v) is 2.28. The van der Waals surface area contributed by atoms with Crippen molar-refractivity contribution in [2.24, 2.45) is 0 Å². The molecule has 88 valence electrons. The topological polar surface area (TPSA) is 89.1 Å². The minimum absolute atomic E-state index is 0.0136. The van der Waals surface area contributed by atoms with Gasteiger partial charge in [0.2, 0.25) is 11.7 Å². The number of aromatic nitrogens is 3. The number of hydrogen-bond acceptors (Lipinski definition) is 5. The number of nitrogens with zero attached hydrogens (tertiary/aromatic N) is 3. The summed E-state index contributed by atoms with van der Waals surface area (Å²) in [5.74, 6) is -0.946. The van der Waals surface area contributed by atoms with Crippen molar-refractivity contribution in [3.05, 3.63) is 28.2 Å². The van der Waals surface area contributed by atoms with E-state index in [9.17, 15) is 4.79 Å². The second-order valence-corrected chi connectivity index (χ2v) is 3.91. The molecule has 0 saturated carbocycles. The monoisotopic (exact) mass is 273 g/mol. The summed E-state index contributed by atoms with van der Waals surface area (Å²) in [7, 11) is 0. The fourth-order valence-electron chi connectivity index (χ4n) is 1.13. The molecule has 2 aromatic rings. The summed E-state index contributed by atoms with van der Waals surface area (Å²) in [5, 5.41) is 12.8. The Morgan fingerprint density at radius 3 is 2.88 bits per heavy atom. The Labute approximate surface area is 105 Å². The second-order valence-electron chi connectivity index (χ2n) is 3.07. The lowest BCUT2D eigenvalue weighted by atomic mass is 10.3. The Hall–Kier alpha value is -1.66. The van der Waals surface area contributed by atoms with E-state index in [2.05, 4.69) is 15.1 Å². The zero-order chi connectivity index (χ0) is 12.4. The highest BCUT2D eigenvalue weighted by atomic mass is 35.5. The first-order valence-electron chi connectivity index (χ1n) is 4.42. The minimum Gasteiger partial charge on any atom is -0.481 e. The summed E-state index contributed by atoms with van der Waals surface area (Å²) >= 11 is 11.6. The summed E-state index contributed by atoms with van der Waals surface area (Å²) in [6.45, 7) is 0. The molecule has 2 rings (SSSR count). The van der Waals surface area contributed by atoms with Gasteiger partial charge in [-0.2, -0.15) is 4.98 Å². The third-order valence-electron chi connectivity index (χ3n) is 1.79. The van der Waals surface area contributed by atoms with Gasteiger partial charge in [-0.1, -0.05) is 28.4 Å². The largest absolute Gasteiger partial charge is 0.481 e. The van der Waals surface area contributed by atoms with Gasteiger partial charge in [0, 0.05) is 6.20 Å². The van der Waals surface area contributed by atoms with Crippen LogP contribution in [0.4, 0.5) is 0 Å². The van der Waals surface area contributed by atoms with Crippen molar-refractivity contribution >= 4 is 29.2 Å². The van der Waals surface area contributed by atoms with Crippen LogP contribution in [0.2, 0.25) is 10.0 Å². The molecule has 2 aromatic heterocycles. The number of rotatable bonds is 3. The molecule has 0 radical (unpaired) electrons. The molecule has 1 N–H and O–H groups in total. The number of halogens is 2. The van der Waals surface area contributed by atoms with Crippen LogP contribution < -0.4 is 0 Å². The molecule has 0 saturated heterocycles. The van der Waals surface area contributed by atoms with Crippen LogP contribution in [-0.2, 0) is 11.2 Å². The zero-order valence-corrected chi connectivity index (χ0v) is 9.73. The summed E-state index contributed by atoms with van der Waals surface area (Å²) in [6.07, 6.45) is 1.04. The molecular formula is C9H5Cl2N3O3. The van der Waals surface area contributed by atoms with Crippen LogP contribution >= 0.6 is 23.2 Å². The highest BCUT2D eigenvalue weighted by Crippen LogP contribution is 2.25. The van der Waals surface area contributed by atoms with E-state index >= 15 is 0 Å². The van der Waals surface area contributed by atoms with E-state index < -0.39 is 5.97 Å². The molecule has 0 amide bonds. The van der Waals surface area contributed by atoms with E-state index in [-0.39, 0.29) is 28.9 Å². The van der Waals surface area contributed by atoms with Crippen molar-refractivity contribution in [3.8, 4) is 11.5 Å². The van der Waals surface area contributed by atoms with Gasteiger partial charge in [0.1, 0.15) is 12.1 Å². The Balaban J connectivity index is 2.33. The van der Waals surface area contributed by atoms with Crippen LogP contribution in [0.15, 0.2) is 16.8 Å². The van der Waals surface area contributed by atoms with Gasteiger partial charge < -0.3 is 9.63 Å². The van der Waals surface area contributed by atoms with Gasteiger partial charge in [0.25, 0.3) is 0 Å². The molecule has 0 fully saturated rings. The molecule has 0 aromatic carbocycles. The second kappa shape index (κ2) is 4.68. The molecule has 0 aliphatic heterocycles. The molecule has 0 unspecified atom stereocenters. The molecule has 2 heterocycles. The lowest BCUT2D eigenvalue weighted by molar-refractivity contribution is -0.136. The van der Waals surface area contributed by atoms with E-state index in [1.54, 1.807) is 0 Å². The summed E-state index contributed by atoms with van der Waals surface area (Å²) in [6, 6.07) is 1.48. The SMILES string of the molecule is O=C(O)Cc1nc(-c2ncc(Cl)cc2Cl)no1. The molecule has 0 atom stereocenters. The van der Waals surface area contributed by atoms with Crippen LogP contribution in [0.25, 0.3) is 11.5 Å². The van der Waals surface area contributed by atoms with E-state index in [1.165, 1.54) is 12.3 Å². The summed E-state index contributed by atoms with van der Waals surface area (Å²) < 4.78 is 4.74. The van der Waals surface area contributed by atoms with Crippen molar-refractivity contribution in [1.29, 1.82) is 0 Å². The number of carboxylic acids is 1. The lowest BCUT2D eigenvalue weighted by Gasteiger charge is -1.97. The zero-order valence-electron chi connectivity index (χ0n) is 8.22. The van der Waals surface area contributed by atoms with Gasteiger partial charge >= 0.3 is 5.97 Å². The molecular weight excluding hydrogens is 269 g/mol. The highest BCUT2D eigenvalue weighted by Gasteiger charge is 2.15. The first-order chi connectivity index (χ1) is 8.06. The van der Waals surface area contributed by atoms with Gasteiger partial charge in [-0.05, 0) is 6.07 Å². The van der Waals surface area contributed by atoms with Crippen molar-refractivity contribution in [2.45, 2.75) is 6.42 Å². The Morgan fingerprint density at radius 1 is 1.47 bits per heavy atom. The fraction of sp³-hybridized carbons (Fsp3) is 0.111. The molecule has 8 heteroatoms. The normalized spacial score (nSPS) is 10.5. The van der Waals surface area contributed by atoms with E-state index in [0.29, 0.717) is 5.02 Å².